The molecule has 0 amide bonds. The molecule has 0 fully saturated rings. The largest absolute Gasteiger partial charge is 0.479 e. The average Bonchev–Trinajstić information content (AvgIpc) is 2.11. The molecular weight excluding hydrogens is 218 g/mol. The van der Waals surface area contributed by atoms with Crippen LogP contribution in [0.2, 0.25) is 0 Å². The second-order valence-electron chi connectivity index (χ2n) is 3.85. The molecule has 0 aromatic carbocycles. The van der Waals surface area contributed by atoms with Crippen molar-refractivity contribution in [1.82, 2.24) is 5.32 Å². The van der Waals surface area contributed by atoms with E-state index in [9.17, 15) is 14.1 Å². The van der Waals surface area contributed by atoms with Crippen molar-refractivity contribution >= 4 is 16.8 Å². The van der Waals surface area contributed by atoms with Crippen molar-refractivity contribution in [2.24, 2.45) is 0 Å². The maximum absolute atomic E-state index is 11.0. The summed E-state index contributed by atoms with van der Waals surface area (Å²) in [7, 11) is -0.863. The quantitative estimate of drug-likeness (QED) is 0.523. The van der Waals surface area contributed by atoms with Crippen LogP contribution in [0.4, 0.5) is 0 Å². The Hall–Kier alpha value is -0.460. The minimum atomic E-state index is -1.74. The maximum Gasteiger partial charge on any atom is 0.336 e. The normalized spacial score (nSPS) is 19.2. The Morgan fingerprint density at radius 1 is 1.60 bits per heavy atom. The van der Waals surface area contributed by atoms with Gasteiger partial charge in [0.1, 0.15) is 0 Å². The molecule has 0 aliphatic rings. The molecule has 0 saturated carbocycles. The molecule has 0 aliphatic heterocycles. The molecule has 0 radical (unpaired) electrons. The minimum Gasteiger partial charge on any atom is -0.479 e. The first-order valence-electron chi connectivity index (χ1n) is 4.76. The summed E-state index contributed by atoms with van der Waals surface area (Å²) < 4.78 is 11.0. The number of hydrogen-bond donors (Lipinski definition) is 3. The Kier molecular flexibility index (Phi) is 6.00. The Balaban J connectivity index is 3.72. The van der Waals surface area contributed by atoms with Gasteiger partial charge < -0.3 is 15.5 Å². The maximum atomic E-state index is 11.0. The van der Waals surface area contributed by atoms with Crippen molar-refractivity contribution in [2.45, 2.75) is 31.1 Å². The van der Waals surface area contributed by atoms with Crippen LogP contribution in [0.25, 0.3) is 0 Å². The third-order valence-corrected chi connectivity index (χ3v) is 3.59. The van der Waals surface area contributed by atoms with E-state index < -0.39 is 22.4 Å². The lowest BCUT2D eigenvalue weighted by Crippen LogP contribution is -2.45. The van der Waals surface area contributed by atoms with Gasteiger partial charge in [-0.1, -0.05) is 6.92 Å². The fourth-order valence-corrected chi connectivity index (χ4v) is 1.33. The molecule has 0 aliphatic carbocycles. The van der Waals surface area contributed by atoms with E-state index in [4.69, 9.17) is 5.11 Å². The molecule has 15 heavy (non-hydrogen) atoms. The number of aliphatic hydroxyl groups is 1. The fraction of sp³-hybridized carbons (Fsp3) is 0.889. The molecule has 3 N–H and O–H groups in total. The third kappa shape index (κ3) is 5.86. The predicted octanol–water partition coefficient (Wildman–Crippen LogP) is -0.431. The summed E-state index contributed by atoms with van der Waals surface area (Å²) in [6, 6.07) is 0. The third-order valence-electron chi connectivity index (χ3n) is 2.22. The zero-order valence-corrected chi connectivity index (χ0v) is 10.1. The zero-order chi connectivity index (χ0) is 12.1. The second kappa shape index (κ2) is 6.19. The molecular formula is C9H19NO4S. The Bertz CT molecular complexity index is 242. The molecule has 0 aromatic rings. The monoisotopic (exact) mass is 237 g/mol. The Morgan fingerprint density at radius 3 is 2.53 bits per heavy atom. The van der Waals surface area contributed by atoms with Gasteiger partial charge in [0.05, 0.1) is 0 Å². The molecule has 0 aromatic heterocycles. The van der Waals surface area contributed by atoms with E-state index in [1.54, 1.807) is 6.26 Å². The topological polar surface area (TPSA) is 86.6 Å². The lowest BCUT2D eigenvalue weighted by atomic mass is 10.1. The minimum absolute atomic E-state index is 0.00853. The highest BCUT2D eigenvalue weighted by molar-refractivity contribution is 7.84. The van der Waals surface area contributed by atoms with Gasteiger partial charge in [0.2, 0.25) is 0 Å². The Labute approximate surface area is 92.3 Å². The van der Waals surface area contributed by atoms with Crippen LogP contribution in [-0.4, -0.2) is 50.6 Å². The SMILES string of the molecule is CC(CCNCC(C)(O)C(=O)O)S(C)=O. The highest BCUT2D eigenvalue weighted by Gasteiger charge is 2.28. The number of aliphatic carboxylic acids is 1. The van der Waals surface area contributed by atoms with E-state index in [0.29, 0.717) is 13.0 Å². The van der Waals surface area contributed by atoms with Crippen molar-refractivity contribution < 1.29 is 19.2 Å². The first-order chi connectivity index (χ1) is 6.77. The van der Waals surface area contributed by atoms with Gasteiger partial charge in [-0.2, -0.15) is 0 Å². The molecule has 90 valence electrons. The summed E-state index contributed by atoms with van der Waals surface area (Å²) in [6.07, 6.45) is 2.33. The number of carboxylic acids is 1. The smallest absolute Gasteiger partial charge is 0.336 e. The van der Waals surface area contributed by atoms with E-state index in [-0.39, 0.29) is 11.8 Å². The van der Waals surface area contributed by atoms with Crippen molar-refractivity contribution in [3.8, 4) is 0 Å². The standard InChI is InChI=1S/C9H19NO4S/c1-7(15(3)14)4-5-10-6-9(2,13)8(11)12/h7,10,13H,4-6H2,1-3H3,(H,11,12). The van der Waals surface area contributed by atoms with Crippen molar-refractivity contribution in [3.05, 3.63) is 0 Å². The number of hydrogen-bond acceptors (Lipinski definition) is 4. The summed E-state index contributed by atoms with van der Waals surface area (Å²) in [4.78, 5) is 10.5. The van der Waals surface area contributed by atoms with Gasteiger partial charge >= 0.3 is 5.97 Å². The van der Waals surface area contributed by atoms with Crippen LogP contribution in [0, 0.1) is 0 Å². The molecule has 5 nitrogen and oxygen atoms in total. The van der Waals surface area contributed by atoms with Crippen LogP contribution in [0.5, 0.6) is 0 Å². The van der Waals surface area contributed by atoms with E-state index in [1.807, 2.05) is 6.92 Å². The molecule has 0 rings (SSSR count). The number of rotatable bonds is 7. The molecule has 0 heterocycles. The van der Waals surface area contributed by atoms with Crippen molar-refractivity contribution in [2.75, 3.05) is 19.3 Å². The number of carboxylic acid groups (broad SMARTS) is 1. The van der Waals surface area contributed by atoms with Crippen LogP contribution in [0.15, 0.2) is 0 Å². The second-order valence-corrected chi connectivity index (χ2v) is 5.66. The highest BCUT2D eigenvalue weighted by Crippen LogP contribution is 2.02. The first kappa shape index (κ1) is 14.5. The predicted molar refractivity (Wildman–Crippen MR) is 59.3 cm³/mol. The number of carbonyl (C=O) groups is 1. The van der Waals surface area contributed by atoms with Crippen LogP contribution in [-0.2, 0) is 15.6 Å². The molecule has 0 bridgehead atoms. The molecule has 0 spiro atoms. The van der Waals surface area contributed by atoms with Crippen LogP contribution >= 0.6 is 0 Å². The fourth-order valence-electron chi connectivity index (χ4n) is 0.879. The Morgan fingerprint density at radius 2 is 2.13 bits per heavy atom. The number of nitrogens with one attached hydrogen (secondary N) is 1. The van der Waals surface area contributed by atoms with Gasteiger partial charge in [-0.3, -0.25) is 4.21 Å². The molecule has 3 atom stereocenters. The summed E-state index contributed by atoms with van der Waals surface area (Å²) in [5.74, 6) is -1.25. The van der Waals surface area contributed by atoms with Crippen molar-refractivity contribution in [1.29, 1.82) is 0 Å². The van der Waals surface area contributed by atoms with Gasteiger partial charge in [-0.25, -0.2) is 4.79 Å². The molecule has 0 saturated heterocycles. The van der Waals surface area contributed by atoms with E-state index >= 15 is 0 Å². The summed E-state index contributed by atoms with van der Waals surface area (Å²) in [6.45, 7) is 3.65. The van der Waals surface area contributed by atoms with Gasteiger partial charge in [0, 0.05) is 28.9 Å². The van der Waals surface area contributed by atoms with Crippen LogP contribution < -0.4 is 5.32 Å². The summed E-state index contributed by atoms with van der Waals surface area (Å²) >= 11 is 0. The van der Waals surface area contributed by atoms with Crippen LogP contribution in [0.3, 0.4) is 0 Å². The molecule has 6 heteroatoms. The lowest BCUT2D eigenvalue weighted by molar-refractivity contribution is -0.156. The summed E-state index contributed by atoms with van der Waals surface area (Å²) in [5.41, 5.74) is -1.74. The van der Waals surface area contributed by atoms with Gasteiger partial charge in [0.25, 0.3) is 0 Å². The van der Waals surface area contributed by atoms with Crippen molar-refractivity contribution in [3.63, 3.8) is 0 Å². The highest BCUT2D eigenvalue weighted by atomic mass is 32.2. The van der Waals surface area contributed by atoms with Gasteiger partial charge in [-0.05, 0) is 19.9 Å². The van der Waals surface area contributed by atoms with Gasteiger partial charge in [-0.15, -0.1) is 0 Å². The summed E-state index contributed by atoms with van der Waals surface area (Å²) in [5, 5.41) is 20.8. The van der Waals surface area contributed by atoms with Gasteiger partial charge in [0.15, 0.2) is 5.60 Å². The van der Waals surface area contributed by atoms with E-state index in [1.165, 1.54) is 6.92 Å². The lowest BCUT2D eigenvalue weighted by Gasteiger charge is -2.18. The van der Waals surface area contributed by atoms with E-state index in [0.717, 1.165) is 0 Å². The first-order valence-corrected chi connectivity index (χ1v) is 6.38. The van der Waals surface area contributed by atoms with Crippen LogP contribution in [0.1, 0.15) is 20.3 Å². The van der Waals surface area contributed by atoms with E-state index in [2.05, 4.69) is 5.32 Å². The average molecular weight is 237 g/mol. The zero-order valence-electron chi connectivity index (χ0n) is 9.32. The molecule has 3 unspecified atom stereocenters.